The minimum Gasteiger partial charge on any atom is -0.478 e. The van der Waals surface area contributed by atoms with Crippen molar-refractivity contribution in [2.45, 2.75) is 207 Å². The van der Waals surface area contributed by atoms with Crippen LogP contribution in [0.4, 0.5) is 0 Å². The summed E-state index contributed by atoms with van der Waals surface area (Å²) >= 11 is 0. The van der Waals surface area contributed by atoms with E-state index in [4.69, 9.17) is 4.74 Å². The van der Waals surface area contributed by atoms with Crippen LogP contribution >= 0.6 is 0 Å². The molecule has 0 aliphatic heterocycles. The molecule has 0 spiro atoms. The lowest BCUT2D eigenvalue weighted by atomic mass is 9.86. The highest BCUT2D eigenvalue weighted by Crippen LogP contribution is 2.43. The van der Waals surface area contributed by atoms with Gasteiger partial charge in [0.2, 0.25) is 0 Å². The van der Waals surface area contributed by atoms with Crippen LogP contribution in [-0.4, -0.2) is 17.0 Å². The van der Waals surface area contributed by atoms with Crippen molar-refractivity contribution in [3.05, 3.63) is 112 Å². The van der Waals surface area contributed by atoms with Gasteiger partial charge in [0.25, 0.3) is 0 Å². The van der Waals surface area contributed by atoms with Gasteiger partial charge in [-0.05, 0) is 130 Å². The van der Waals surface area contributed by atoms with E-state index >= 15 is 0 Å². The zero-order chi connectivity index (χ0) is 46.5. The number of carboxylic acids is 1. The first-order valence-corrected chi connectivity index (χ1v) is 26.8. The van der Waals surface area contributed by atoms with Gasteiger partial charge in [0.1, 0.15) is 5.56 Å². The first-order valence-electron chi connectivity index (χ1n) is 26.8. The van der Waals surface area contributed by atoms with Crippen LogP contribution in [0.1, 0.15) is 225 Å². The van der Waals surface area contributed by atoms with Gasteiger partial charge in [-0.2, -0.15) is 0 Å². The largest absolute Gasteiger partial charge is 0.478 e. The Balaban J connectivity index is 1.45. The van der Waals surface area contributed by atoms with Gasteiger partial charge in [-0.15, -0.1) is 0 Å². The Bertz CT molecular complexity index is 2480. The first kappa shape index (κ1) is 50.7. The molecule has 354 valence electrons. The molecule has 0 radical (unpaired) electrons. The van der Waals surface area contributed by atoms with Crippen LogP contribution in [0.25, 0.3) is 43.1 Å². The molecule has 4 nitrogen and oxygen atoms in total. The van der Waals surface area contributed by atoms with Gasteiger partial charge in [0.15, 0.2) is 5.75 Å². The number of aryl methyl sites for hydroxylation is 4. The Morgan fingerprint density at radius 2 is 0.742 bits per heavy atom. The van der Waals surface area contributed by atoms with E-state index in [1.165, 1.54) is 154 Å². The molecule has 4 heteroatoms. The van der Waals surface area contributed by atoms with Crippen molar-refractivity contribution >= 4 is 55.0 Å². The van der Waals surface area contributed by atoms with Gasteiger partial charge in [-0.25, -0.2) is 9.59 Å². The fraction of sp³-hybridized carbons (Fsp3) is 0.516. The van der Waals surface area contributed by atoms with Crippen LogP contribution in [0.15, 0.2) is 78.9 Å². The maximum absolute atomic E-state index is 14.9. The van der Waals surface area contributed by atoms with Crippen LogP contribution in [0, 0.1) is 0 Å². The van der Waals surface area contributed by atoms with Crippen molar-refractivity contribution in [2.24, 2.45) is 0 Å². The maximum atomic E-state index is 14.9. The molecule has 0 aliphatic rings. The molecule has 0 saturated carbocycles. The molecule has 6 aromatic carbocycles. The molecule has 1 N–H and O–H groups in total. The lowest BCUT2D eigenvalue weighted by molar-refractivity contribution is 0.0682. The van der Waals surface area contributed by atoms with E-state index in [1.54, 1.807) is 6.07 Å². The molecule has 6 rings (SSSR count). The molecule has 0 aliphatic carbocycles. The lowest BCUT2D eigenvalue weighted by Gasteiger charge is -2.21. The minimum atomic E-state index is -1.08. The fourth-order valence-corrected chi connectivity index (χ4v) is 10.7. The van der Waals surface area contributed by atoms with E-state index in [0.717, 1.165) is 91.3 Å². The first-order chi connectivity index (χ1) is 32.4. The number of esters is 1. The van der Waals surface area contributed by atoms with Gasteiger partial charge < -0.3 is 9.84 Å². The van der Waals surface area contributed by atoms with Crippen LogP contribution in [0.2, 0.25) is 0 Å². The normalized spacial score (nSPS) is 11.7. The number of rotatable bonds is 31. The topological polar surface area (TPSA) is 63.6 Å². The van der Waals surface area contributed by atoms with Crippen LogP contribution in [0.5, 0.6) is 5.75 Å². The number of fused-ring (bicyclic) bond motifs is 4. The number of hydrogen-bond acceptors (Lipinski definition) is 3. The fourth-order valence-electron chi connectivity index (χ4n) is 10.7. The summed E-state index contributed by atoms with van der Waals surface area (Å²) in [5, 5.41) is 20.0. The monoisotopic (exact) mass is 891 g/mol. The number of hydrogen-bond donors (Lipinski definition) is 1. The maximum Gasteiger partial charge on any atom is 0.343 e. The molecule has 0 unspecified atom stereocenters. The summed E-state index contributed by atoms with van der Waals surface area (Å²) in [6.07, 6.45) is 32.5. The minimum absolute atomic E-state index is 0.0395. The summed E-state index contributed by atoms with van der Waals surface area (Å²) in [6, 6.07) is 27.4. The molecule has 0 fully saturated rings. The predicted molar refractivity (Wildman–Crippen MR) is 283 cm³/mol. The molecule has 0 bridgehead atoms. The van der Waals surface area contributed by atoms with Gasteiger partial charge in [-0.3, -0.25) is 0 Å². The number of carboxylic acid groups (broad SMARTS) is 1. The number of carbonyl (C=O) groups excluding carboxylic acids is 1. The second-order valence-corrected chi connectivity index (χ2v) is 19.4. The smallest absolute Gasteiger partial charge is 0.343 e. The third-order valence-corrected chi connectivity index (χ3v) is 14.4. The van der Waals surface area contributed by atoms with Gasteiger partial charge in [0, 0.05) is 5.39 Å². The highest BCUT2D eigenvalue weighted by atomic mass is 16.5. The number of benzene rings is 6. The average molecular weight is 891 g/mol. The molecule has 0 atom stereocenters. The van der Waals surface area contributed by atoms with Gasteiger partial charge >= 0.3 is 11.9 Å². The van der Waals surface area contributed by atoms with E-state index in [2.05, 4.69) is 88.4 Å². The van der Waals surface area contributed by atoms with Crippen LogP contribution in [-0.2, 0) is 25.7 Å². The highest BCUT2D eigenvalue weighted by molar-refractivity contribution is 6.13. The second kappa shape index (κ2) is 27.2. The molecule has 6 aromatic rings. The summed E-state index contributed by atoms with van der Waals surface area (Å²) in [5.74, 6) is -1.39. The third-order valence-electron chi connectivity index (χ3n) is 14.4. The van der Waals surface area contributed by atoms with E-state index in [0.29, 0.717) is 5.56 Å². The number of unbranched alkanes of at least 4 members (excludes halogenated alkanes) is 20. The van der Waals surface area contributed by atoms with Gasteiger partial charge in [-0.1, -0.05) is 217 Å². The third kappa shape index (κ3) is 13.3. The average Bonchev–Trinajstić information content (AvgIpc) is 3.33. The van der Waals surface area contributed by atoms with E-state index < -0.39 is 11.9 Å². The van der Waals surface area contributed by atoms with Gasteiger partial charge in [0.05, 0.1) is 5.56 Å². The second-order valence-electron chi connectivity index (χ2n) is 19.4. The van der Waals surface area contributed by atoms with Crippen molar-refractivity contribution in [3.63, 3.8) is 0 Å². The summed E-state index contributed by atoms with van der Waals surface area (Å²) in [5.41, 5.74) is 5.50. The molecular weight excluding hydrogens is 809 g/mol. The van der Waals surface area contributed by atoms with E-state index in [-0.39, 0.29) is 11.3 Å². The Morgan fingerprint density at radius 1 is 0.394 bits per heavy atom. The van der Waals surface area contributed by atoms with Crippen LogP contribution in [0.3, 0.4) is 0 Å². The molecule has 0 amide bonds. The number of carbonyl (C=O) groups is 2. The Hall–Kier alpha value is -4.70. The predicted octanol–water partition coefficient (Wildman–Crippen LogP) is 18.8. The quantitative estimate of drug-likeness (QED) is 0.0204. The molecule has 66 heavy (non-hydrogen) atoms. The summed E-state index contributed by atoms with van der Waals surface area (Å²) < 4.78 is 6.61. The Labute approximate surface area is 398 Å². The SMILES string of the molecule is CCCCCCCCc1c2ccccc2c(CCCCCCCC)c2cc(C(=O)Oc3c(C(=O)O)ccc4c(CCCCCCCC)c5ccccc5c(CCCCCCCC)c34)ccc12. The van der Waals surface area contributed by atoms with Crippen molar-refractivity contribution in [1.82, 2.24) is 0 Å². The van der Waals surface area contributed by atoms with Crippen molar-refractivity contribution < 1.29 is 19.4 Å². The lowest BCUT2D eigenvalue weighted by Crippen LogP contribution is -2.13. The molecule has 0 aromatic heterocycles. The molecule has 0 heterocycles. The summed E-state index contributed by atoms with van der Waals surface area (Å²) in [7, 11) is 0. The highest BCUT2D eigenvalue weighted by Gasteiger charge is 2.25. The molecular formula is C62H82O4. The Kier molecular flexibility index (Phi) is 20.9. The van der Waals surface area contributed by atoms with Crippen LogP contribution < -0.4 is 4.74 Å². The van der Waals surface area contributed by atoms with Crippen molar-refractivity contribution in [1.29, 1.82) is 0 Å². The van der Waals surface area contributed by atoms with E-state index in [1.807, 2.05) is 12.1 Å². The number of aromatic carboxylic acids is 1. The zero-order valence-corrected chi connectivity index (χ0v) is 41.5. The zero-order valence-electron chi connectivity index (χ0n) is 41.5. The van der Waals surface area contributed by atoms with Crippen molar-refractivity contribution in [2.75, 3.05) is 0 Å². The van der Waals surface area contributed by atoms with E-state index in [9.17, 15) is 14.7 Å². The summed E-state index contributed by atoms with van der Waals surface area (Å²) in [4.78, 5) is 28.1. The molecule has 0 saturated heterocycles. The van der Waals surface area contributed by atoms with Crippen molar-refractivity contribution in [3.8, 4) is 5.75 Å². The Morgan fingerprint density at radius 3 is 1.18 bits per heavy atom. The standard InChI is InChI=1S/C62H82O4/c1-5-9-13-17-21-25-33-49-47-36-29-30-37-48(47)53(35-27-23-19-15-11-7-3)58-45-46(41-42-54(49)58)62(65)66-60-57(61(63)64)44-43-56-52(34-26-22-18-14-10-6-2)50-38-31-32-39-51(50)55(59(56)60)40-28-24-20-16-12-8-4/h29-32,36-39,41-45H,5-28,33-35,40H2,1-4H3,(H,63,64). The number of ether oxygens (including phenoxy) is 1. The summed E-state index contributed by atoms with van der Waals surface area (Å²) in [6.45, 7) is 9.04.